The van der Waals surface area contributed by atoms with Crippen molar-refractivity contribution in [3.63, 3.8) is 0 Å². The number of pyridine rings is 1. The van der Waals surface area contributed by atoms with E-state index in [4.69, 9.17) is 10.5 Å². The molecule has 0 bridgehead atoms. The van der Waals surface area contributed by atoms with E-state index in [0.29, 0.717) is 6.61 Å². The summed E-state index contributed by atoms with van der Waals surface area (Å²) >= 11 is 0. The lowest BCUT2D eigenvalue weighted by Gasteiger charge is -2.13. The van der Waals surface area contributed by atoms with Gasteiger partial charge in [-0.05, 0) is 37.0 Å². The SMILES string of the molecule is CCCOc1cncc(C(N)Cc2ccc(C)cc2)c1. The molecule has 0 saturated carbocycles. The van der Waals surface area contributed by atoms with Crippen LogP contribution in [-0.2, 0) is 6.42 Å². The van der Waals surface area contributed by atoms with Gasteiger partial charge in [-0.15, -0.1) is 0 Å². The van der Waals surface area contributed by atoms with Gasteiger partial charge in [0.05, 0.1) is 12.8 Å². The lowest BCUT2D eigenvalue weighted by Crippen LogP contribution is -2.14. The molecule has 20 heavy (non-hydrogen) atoms. The second kappa shape index (κ2) is 7.06. The number of nitrogens with two attached hydrogens (primary N) is 1. The Labute approximate surface area is 120 Å². The maximum Gasteiger partial charge on any atom is 0.137 e. The minimum absolute atomic E-state index is 0.0598. The molecule has 2 N–H and O–H groups in total. The Morgan fingerprint density at radius 3 is 2.65 bits per heavy atom. The second-order valence-corrected chi connectivity index (χ2v) is 5.10. The van der Waals surface area contributed by atoms with Crippen LogP contribution in [0.25, 0.3) is 0 Å². The monoisotopic (exact) mass is 270 g/mol. The molecule has 1 heterocycles. The first-order chi connectivity index (χ1) is 9.69. The zero-order valence-corrected chi connectivity index (χ0v) is 12.2. The van der Waals surface area contributed by atoms with E-state index >= 15 is 0 Å². The van der Waals surface area contributed by atoms with E-state index in [-0.39, 0.29) is 6.04 Å². The highest BCUT2D eigenvalue weighted by Gasteiger charge is 2.09. The zero-order valence-electron chi connectivity index (χ0n) is 12.2. The quantitative estimate of drug-likeness (QED) is 0.875. The van der Waals surface area contributed by atoms with Crippen LogP contribution in [0.2, 0.25) is 0 Å². The number of hydrogen-bond donors (Lipinski definition) is 1. The van der Waals surface area contributed by atoms with Crippen LogP contribution < -0.4 is 10.5 Å². The molecular formula is C17H22N2O. The molecule has 0 aliphatic heterocycles. The van der Waals surface area contributed by atoms with Crippen molar-refractivity contribution >= 4 is 0 Å². The van der Waals surface area contributed by atoms with Gasteiger partial charge in [0.1, 0.15) is 5.75 Å². The highest BCUT2D eigenvalue weighted by molar-refractivity contribution is 5.28. The highest BCUT2D eigenvalue weighted by Crippen LogP contribution is 2.20. The summed E-state index contributed by atoms with van der Waals surface area (Å²) < 4.78 is 5.59. The van der Waals surface area contributed by atoms with E-state index in [1.165, 1.54) is 11.1 Å². The first kappa shape index (κ1) is 14.5. The van der Waals surface area contributed by atoms with E-state index < -0.39 is 0 Å². The van der Waals surface area contributed by atoms with Gasteiger partial charge in [-0.2, -0.15) is 0 Å². The fourth-order valence-electron chi connectivity index (χ4n) is 2.03. The molecule has 0 amide bonds. The summed E-state index contributed by atoms with van der Waals surface area (Å²) in [4.78, 5) is 4.21. The number of aryl methyl sites for hydroxylation is 1. The predicted octanol–water partition coefficient (Wildman–Crippen LogP) is 3.42. The Morgan fingerprint density at radius 2 is 1.95 bits per heavy atom. The Hall–Kier alpha value is -1.87. The van der Waals surface area contributed by atoms with Crippen LogP contribution in [0.5, 0.6) is 5.75 Å². The predicted molar refractivity (Wildman–Crippen MR) is 81.8 cm³/mol. The van der Waals surface area contributed by atoms with Crippen molar-refractivity contribution in [2.45, 2.75) is 32.7 Å². The van der Waals surface area contributed by atoms with E-state index in [9.17, 15) is 0 Å². The van der Waals surface area contributed by atoms with Crippen molar-refractivity contribution < 1.29 is 4.74 Å². The van der Waals surface area contributed by atoms with Crippen LogP contribution >= 0.6 is 0 Å². The Balaban J connectivity index is 2.04. The van der Waals surface area contributed by atoms with Crippen molar-refractivity contribution in [2.24, 2.45) is 5.73 Å². The van der Waals surface area contributed by atoms with Gasteiger partial charge >= 0.3 is 0 Å². The molecule has 1 aromatic carbocycles. The van der Waals surface area contributed by atoms with Crippen LogP contribution in [-0.4, -0.2) is 11.6 Å². The van der Waals surface area contributed by atoms with Crippen molar-refractivity contribution in [2.75, 3.05) is 6.61 Å². The molecule has 1 aromatic heterocycles. The molecular weight excluding hydrogens is 248 g/mol. The van der Waals surface area contributed by atoms with Crippen LogP contribution in [0.3, 0.4) is 0 Å². The largest absolute Gasteiger partial charge is 0.492 e. The van der Waals surface area contributed by atoms with Gasteiger partial charge < -0.3 is 10.5 Å². The first-order valence-electron chi connectivity index (χ1n) is 7.08. The number of rotatable bonds is 6. The normalized spacial score (nSPS) is 12.2. The summed E-state index contributed by atoms with van der Waals surface area (Å²) in [6, 6.07) is 10.4. The van der Waals surface area contributed by atoms with Crippen LogP contribution in [0.15, 0.2) is 42.7 Å². The standard InChI is InChI=1S/C17H22N2O/c1-3-8-20-16-10-15(11-19-12-16)17(18)9-14-6-4-13(2)5-7-14/h4-7,10-12,17H,3,8-9,18H2,1-2H3. The first-order valence-corrected chi connectivity index (χ1v) is 7.08. The maximum absolute atomic E-state index is 6.27. The Kier molecular flexibility index (Phi) is 5.13. The summed E-state index contributed by atoms with van der Waals surface area (Å²) in [5.74, 6) is 0.795. The molecule has 2 rings (SSSR count). The van der Waals surface area contributed by atoms with Gasteiger partial charge in [-0.25, -0.2) is 0 Å². The smallest absolute Gasteiger partial charge is 0.137 e. The number of ether oxygens (including phenoxy) is 1. The molecule has 0 fully saturated rings. The van der Waals surface area contributed by atoms with Crippen molar-refractivity contribution in [1.82, 2.24) is 4.98 Å². The fourth-order valence-corrected chi connectivity index (χ4v) is 2.03. The average molecular weight is 270 g/mol. The minimum Gasteiger partial charge on any atom is -0.492 e. The van der Waals surface area contributed by atoms with Crippen molar-refractivity contribution in [3.8, 4) is 5.75 Å². The molecule has 0 aliphatic rings. The molecule has 0 aliphatic carbocycles. The topological polar surface area (TPSA) is 48.1 Å². The molecule has 0 spiro atoms. The highest BCUT2D eigenvalue weighted by atomic mass is 16.5. The third-order valence-corrected chi connectivity index (χ3v) is 3.21. The minimum atomic E-state index is -0.0598. The van der Waals surface area contributed by atoms with Gasteiger partial charge in [0.2, 0.25) is 0 Å². The number of aromatic nitrogens is 1. The molecule has 3 nitrogen and oxygen atoms in total. The maximum atomic E-state index is 6.27. The molecule has 1 unspecified atom stereocenters. The Bertz CT molecular complexity index is 537. The van der Waals surface area contributed by atoms with Crippen LogP contribution in [0, 0.1) is 6.92 Å². The van der Waals surface area contributed by atoms with Gasteiger partial charge in [-0.1, -0.05) is 36.8 Å². The number of benzene rings is 1. The van der Waals surface area contributed by atoms with Crippen LogP contribution in [0.4, 0.5) is 0 Å². The van der Waals surface area contributed by atoms with E-state index in [1.54, 1.807) is 6.20 Å². The molecule has 2 aromatic rings. The molecule has 106 valence electrons. The molecule has 3 heteroatoms. The van der Waals surface area contributed by atoms with Gasteiger partial charge in [0, 0.05) is 12.2 Å². The summed E-state index contributed by atoms with van der Waals surface area (Å²) in [7, 11) is 0. The lowest BCUT2D eigenvalue weighted by atomic mass is 10.0. The second-order valence-electron chi connectivity index (χ2n) is 5.10. The average Bonchev–Trinajstić information content (AvgIpc) is 2.48. The van der Waals surface area contributed by atoms with E-state index in [0.717, 1.165) is 24.2 Å². The summed E-state index contributed by atoms with van der Waals surface area (Å²) in [6.45, 7) is 4.88. The summed E-state index contributed by atoms with van der Waals surface area (Å²) in [5, 5.41) is 0. The fraction of sp³-hybridized carbons (Fsp3) is 0.353. The molecule has 0 radical (unpaired) electrons. The van der Waals surface area contributed by atoms with E-state index in [1.807, 2.05) is 12.3 Å². The third kappa shape index (κ3) is 4.07. The van der Waals surface area contributed by atoms with Gasteiger partial charge in [0.25, 0.3) is 0 Å². The van der Waals surface area contributed by atoms with E-state index in [2.05, 4.69) is 43.1 Å². The van der Waals surface area contributed by atoms with Crippen molar-refractivity contribution in [1.29, 1.82) is 0 Å². The number of nitrogens with zero attached hydrogens (tertiary/aromatic N) is 1. The van der Waals surface area contributed by atoms with Crippen molar-refractivity contribution in [3.05, 3.63) is 59.4 Å². The van der Waals surface area contributed by atoms with Crippen LogP contribution in [0.1, 0.15) is 36.1 Å². The van der Waals surface area contributed by atoms with Gasteiger partial charge in [0.15, 0.2) is 0 Å². The molecule has 1 atom stereocenters. The summed E-state index contributed by atoms with van der Waals surface area (Å²) in [6.07, 6.45) is 5.34. The number of hydrogen-bond acceptors (Lipinski definition) is 3. The zero-order chi connectivity index (χ0) is 14.4. The summed E-state index contributed by atoms with van der Waals surface area (Å²) in [5.41, 5.74) is 9.78. The lowest BCUT2D eigenvalue weighted by molar-refractivity contribution is 0.315. The Morgan fingerprint density at radius 1 is 1.20 bits per heavy atom. The third-order valence-electron chi connectivity index (χ3n) is 3.21. The van der Waals surface area contributed by atoms with Gasteiger partial charge in [-0.3, -0.25) is 4.98 Å². The molecule has 0 saturated heterocycles.